The monoisotopic (exact) mass is 383 g/mol. The van der Waals surface area contributed by atoms with Crippen LogP contribution in [0.3, 0.4) is 0 Å². The van der Waals surface area contributed by atoms with Gasteiger partial charge in [-0.3, -0.25) is 4.99 Å². The molecule has 3 nitrogen and oxygen atoms in total. The summed E-state index contributed by atoms with van der Waals surface area (Å²) in [7, 11) is 0. The van der Waals surface area contributed by atoms with Gasteiger partial charge >= 0.3 is 0 Å². The van der Waals surface area contributed by atoms with Crippen LogP contribution in [-0.2, 0) is 0 Å². The van der Waals surface area contributed by atoms with Gasteiger partial charge in [-0.2, -0.15) is 0 Å². The molecule has 0 saturated heterocycles. The van der Waals surface area contributed by atoms with Gasteiger partial charge in [-0.1, -0.05) is 28.1 Å². The molecule has 0 unspecified atom stereocenters. The number of aliphatic imine (C=N–C) groups is 1. The molecule has 0 atom stereocenters. The van der Waals surface area contributed by atoms with E-state index in [2.05, 4.69) is 36.9 Å². The third-order valence-electron chi connectivity index (χ3n) is 2.61. The highest BCUT2D eigenvalue weighted by Crippen LogP contribution is 2.33. The minimum atomic E-state index is 0.111. The molecule has 2 aromatic carbocycles. The van der Waals surface area contributed by atoms with Crippen molar-refractivity contribution in [2.45, 2.75) is 6.92 Å². The Morgan fingerprint density at radius 2 is 1.89 bits per heavy atom. The molecule has 0 heterocycles. The Hall–Kier alpha value is -1.33. The fourth-order valence-corrected chi connectivity index (χ4v) is 2.89. The molecule has 0 aromatic heterocycles. The smallest absolute Gasteiger partial charge is 0.141 e. The summed E-state index contributed by atoms with van der Waals surface area (Å²) in [6, 6.07) is 8.70. The zero-order valence-corrected chi connectivity index (χ0v) is 13.2. The molecule has 0 aliphatic heterocycles. The lowest BCUT2D eigenvalue weighted by atomic mass is 10.2. The predicted octanol–water partition coefficient (Wildman–Crippen LogP) is 4.68. The van der Waals surface area contributed by atoms with Crippen molar-refractivity contribution >= 4 is 43.8 Å². The summed E-state index contributed by atoms with van der Waals surface area (Å²) in [5.74, 6) is 0.227. The van der Waals surface area contributed by atoms with Gasteiger partial charge in [0, 0.05) is 16.3 Å². The van der Waals surface area contributed by atoms with E-state index in [0.717, 1.165) is 10.0 Å². The van der Waals surface area contributed by atoms with Crippen LogP contribution in [0.25, 0.3) is 0 Å². The maximum Gasteiger partial charge on any atom is 0.141 e. The van der Waals surface area contributed by atoms with Crippen LogP contribution in [0.15, 0.2) is 44.3 Å². The minimum absolute atomic E-state index is 0.111. The highest BCUT2D eigenvalue weighted by atomic mass is 79.9. The summed E-state index contributed by atoms with van der Waals surface area (Å²) in [5, 5.41) is 19.7. The number of para-hydroxylation sites is 1. The van der Waals surface area contributed by atoms with Crippen molar-refractivity contribution in [1.82, 2.24) is 0 Å². The van der Waals surface area contributed by atoms with E-state index in [9.17, 15) is 10.2 Å². The molecule has 0 aliphatic carbocycles. The average Bonchev–Trinajstić information content (AvgIpc) is 2.34. The predicted molar refractivity (Wildman–Crippen MR) is 83.6 cm³/mol. The van der Waals surface area contributed by atoms with Gasteiger partial charge in [0.15, 0.2) is 0 Å². The quantitative estimate of drug-likeness (QED) is 0.738. The Morgan fingerprint density at radius 1 is 1.16 bits per heavy atom. The van der Waals surface area contributed by atoms with Crippen molar-refractivity contribution in [2.75, 3.05) is 0 Å². The van der Waals surface area contributed by atoms with Gasteiger partial charge in [-0.05, 0) is 46.6 Å². The average molecular weight is 385 g/mol. The van der Waals surface area contributed by atoms with Crippen molar-refractivity contribution in [3.05, 3.63) is 50.4 Å². The first-order chi connectivity index (χ1) is 8.99. The van der Waals surface area contributed by atoms with E-state index >= 15 is 0 Å². The van der Waals surface area contributed by atoms with E-state index in [-0.39, 0.29) is 11.5 Å². The van der Waals surface area contributed by atoms with Gasteiger partial charge in [-0.25, -0.2) is 0 Å². The fraction of sp³-hybridized carbons (Fsp3) is 0.0714. The third kappa shape index (κ3) is 3.16. The standard InChI is InChI=1S/C14H11Br2NO2/c1-8-3-2-4-12(18)13(8)17-7-9-5-10(15)6-11(16)14(9)19/h2-7,18-19H,1H3. The lowest BCUT2D eigenvalue weighted by molar-refractivity contribution is 0.470. The topological polar surface area (TPSA) is 52.8 Å². The molecule has 5 heteroatoms. The first-order valence-electron chi connectivity index (χ1n) is 5.49. The second kappa shape index (κ2) is 5.75. The number of hydrogen-bond acceptors (Lipinski definition) is 3. The number of benzene rings is 2. The minimum Gasteiger partial charge on any atom is -0.506 e. The van der Waals surface area contributed by atoms with Gasteiger partial charge < -0.3 is 10.2 Å². The van der Waals surface area contributed by atoms with Crippen LogP contribution in [0, 0.1) is 6.92 Å². The summed E-state index contributed by atoms with van der Waals surface area (Å²) >= 11 is 6.61. The highest BCUT2D eigenvalue weighted by molar-refractivity contribution is 9.11. The van der Waals surface area contributed by atoms with Crippen LogP contribution in [0.1, 0.15) is 11.1 Å². The second-order valence-corrected chi connectivity index (χ2v) is 5.80. The van der Waals surface area contributed by atoms with E-state index < -0.39 is 0 Å². The van der Waals surface area contributed by atoms with Crippen LogP contribution < -0.4 is 0 Å². The summed E-state index contributed by atoms with van der Waals surface area (Å²) in [5.41, 5.74) is 1.92. The Morgan fingerprint density at radius 3 is 2.58 bits per heavy atom. The molecule has 0 bridgehead atoms. The highest BCUT2D eigenvalue weighted by Gasteiger charge is 2.06. The van der Waals surface area contributed by atoms with Gasteiger partial charge in [0.2, 0.25) is 0 Å². The number of phenolic OH excluding ortho intramolecular Hbond substituents is 2. The van der Waals surface area contributed by atoms with Gasteiger partial charge in [0.1, 0.15) is 17.2 Å². The normalized spacial score (nSPS) is 11.1. The molecule has 0 spiro atoms. The molecular formula is C14H11Br2NO2. The van der Waals surface area contributed by atoms with E-state index in [1.807, 2.05) is 13.0 Å². The molecule has 0 radical (unpaired) electrons. The third-order valence-corrected chi connectivity index (χ3v) is 3.67. The molecular weight excluding hydrogens is 374 g/mol. The number of aromatic hydroxyl groups is 2. The summed E-state index contributed by atoms with van der Waals surface area (Å²) in [4.78, 5) is 4.24. The van der Waals surface area contributed by atoms with Crippen LogP contribution in [0.4, 0.5) is 5.69 Å². The first kappa shape index (κ1) is 14.1. The summed E-state index contributed by atoms with van der Waals surface area (Å²) in [6.07, 6.45) is 1.52. The molecule has 0 amide bonds. The van der Waals surface area contributed by atoms with Crippen molar-refractivity contribution < 1.29 is 10.2 Å². The summed E-state index contributed by atoms with van der Waals surface area (Å²) in [6.45, 7) is 1.86. The Labute approximate surface area is 127 Å². The number of phenols is 2. The van der Waals surface area contributed by atoms with Crippen molar-refractivity contribution in [3.63, 3.8) is 0 Å². The second-order valence-electron chi connectivity index (χ2n) is 4.03. The number of hydrogen-bond donors (Lipinski definition) is 2. The van der Waals surface area contributed by atoms with Crippen molar-refractivity contribution in [3.8, 4) is 11.5 Å². The van der Waals surface area contributed by atoms with E-state index in [1.54, 1.807) is 24.3 Å². The fourth-order valence-electron chi connectivity index (χ4n) is 1.63. The van der Waals surface area contributed by atoms with Gasteiger partial charge in [-0.15, -0.1) is 0 Å². The van der Waals surface area contributed by atoms with Crippen LogP contribution in [-0.4, -0.2) is 16.4 Å². The van der Waals surface area contributed by atoms with Gasteiger partial charge in [0.25, 0.3) is 0 Å². The number of aryl methyl sites for hydroxylation is 1. The zero-order chi connectivity index (χ0) is 14.0. The molecule has 2 rings (SSSR count). The zero-order valence-electron chi connectivity index (χ0n) is 10.1. The number of halogens is 2. The van der Waals surface area contributed by atoms with E-state index in [1.165, 1.54) is 6.21 Å². The van der Waals surface area contributed by atoms with Crippen LogP contribution >= 0.6 is 31.9 Å². The largest absolute Gasteiger partial charge is 0.506 e. The summed E-state index contributed by atoms with van der Waals surface area (Å²) < 4.78 is 1.41. The molecule has 98 valence electrons. The number of nitrogens with zero attached hydrogens (tertiary/aromatic N) is 1. The Balaban J connectivity index is 2.44. The molecule has 0 aliphatic rings. The lowest BCUT2D eigenvalue weighted by Crippen LogP contribution is -1.85. The lowest BCUT2D eigenvalue weighted by Gasteiger charge is -2.05. The van der Waals surface area contributed by atoms with Crippen LogP contribution in [0.2, 0.25) is 0 Å². The van der Waals surface area contributed by atoms with Crippen molar-refractivity contribution in [2.24, 2.45) is 4.99 Å². The van der Waals surface area contributed by atoms with Crippen molar-refractivity contribution in [1.29, 1.82) is 0 Å². The molecule has 0 saturated carbocycles. The molecule has 2 N–H and O–H groups in total. The SMILES string of the molecule is Cc1cccc(O)c1N=Cc1cc(Br)cc(Br)c1O. The van der Waals surface area contributed by atoms with E-state index in [4.69, 9.17) is 0 Å². The van der Waals surface area contributed by atoms with E-state index in [0.29, 0.717) is 15.7 Å². The maximum absolute atomic E-state index is 9.92. The van der Waals surface area contributed by atoms with Gasteiger partial charge in [0.05, 0.1) is 4.47 Å². The van der Waals surface area contributed by atoms with Crippen LogP contribution in [0.5, 0.6) is 11.5 Å². The molecule has 19 heavy (non-hydrogen) atoms. The maximum atomic E-state index is 9.92. The Bertz CT molecular complexity index is 634. The Kier molecular flexibility index (Phi) is 4.27. The number of rotatable bonds is 2. The molecule has 0 fully saturated rings. The molecule has 2 aromatic rings. The first-order valence-corrected chi connectivity index (χ1v) is 7.08.